The van der Waals surface area contributed by atoms with Crippen LogP contribution in [0, 0.1) is 0 Å². The summed E-state index contributed by atoms with van der Waals surface area (Å²) in [6.07, 6.45) is 0.365. The zero-order valence-electron chi connectivity index (χ0n) is 12.5. The van der Waals surface area contributed by atoms with E-state index in [1.807, 2.05) is 0 Å². The van der Waals surface area contributed by atoms with Crippen LogP contribution in [-0.2, 0) is 24.5 Å². The van der Waals surface area contributed by atoms with Gasteiger partial charge in [0.2, 0.25) is 0 Å². The van der Waals surface area contributed by atoms with Gasteiger partial charge in [-0.15, -0.1) is 0 Å². The Morgan fingerprint density at radius 2 is 2.12 bits per heavy atom. The Bertz CT molecular complexity index is 779. The number of ketones is 1. The summed E-state index contributed by atoms with van der Waals surface area (Å²) in [6, 6.07) is 4.73. The van der Waals surface area contributed by atoms with Crippen molar-refractivity contribution in [1.82, 2.24) is 5.32 Å². The second-order valence-electron chi connectivity index (χ2n) is 5.70. The number of ether oxygens (including phenoxy) is 1. The normalized spacial score (nSPS) is 22.6. The lowest BCUT2D eigenvalue weighted by Gasteiger charge is -2.33. The molecular weight excluding hydrogens is 338 g/mol. The van der Waals surface area contributed by atoms with E-state index in [-0.39, 0.29) is 12.2 Å². The molecule has 1 fully saturated rings. The van der Waals surface area contributed by atoms with E-state index in [0.717, 1.165) is 0 Å². The van der Waals surface area contributed by atoms with Gasteiger partial charge in [-0.1, -0.05) is 17.7 Å². The number of halogens is 1. The minimum absolute atomic E-state index is 0.0868. The van der Waals surface area contributed by atoms with Gasteiger partial charge in [0.05, 0.1) is 12.0 Å². The van der Waals surface area contributed by atoms with Crippen LogP contribution in [0.4, 0.5) is 0 Å². The highest BCUT2D eigenvalue weighted by Gasteiger charge is 2.51. The molecule has 0 unspecified atom stereocenters. The molecule has 3 N–H and O–H groups in total. The minimum atomic E-state index is -1.26. The summed E-state index contributed by atoms with van der Waals surface area (Å²) < 4.78 is 5.37. The summed E-state index contributed by atoms with van der Waals surface area (Å²) >= 11 is 5.98. The maximum atomic E-state index is 13.0. The van der Waals surface area contributed by atoms with E-state index in [0.29, 0.717) is 23.6 Å². The van der Waals surface area contributed by atoms with Gasteiger partial charge in [0.1, 0.15) is 17.9 Å². The molecule has 3 rings (SSSR count). The number of rotatable bonds is 3. The van der Waals surface area contributed by atoms with Crippen LogP contribution in [0.5, 0.6) is 0 Å². The predicted molar refractivity (Wildman–Crippen MR) is 83.8 cm³/mol. The van der Waals surface area contributed by atoms with E-state index in [9.17, 15) is 19.5 Å². The number of carbonyl (C=O) groups excluding carboxylic acids is 2. The number of hydrogen-bond donors (Lipinski definition) is 3. The van der Waals surface area contributed by atoms with Crippen molar-refractivity contribution in [3.63, 3.8) is 0 Å². The van der Waals surface area contributed by atoms with E-state index in [1.54, 1.807) is 12.1 Å². The van der Waals surface area contributed by atoms with E-state index in [1.165, 1.54) is 6.07 Å². The molecule has 24 heavy (non-hydrogen) atoms. The third-order valence-corrected chi connectivity index (χ3v) is 4.53. The second-order valence-corrected chi connectivity index (χ2v) is 6.14. The highest BCUT2D eigenvalue weighted by molar-refractivity contribution is 6.32. The molecule has 7 nitrogen and oxygen atoms in total. The number of aliphatic hydroxyl groups is 1. The summed E-state index contributed by atoms with van der Waals surface area (Å²) in [5.41, 5.74) is -0.687. The topological polar surface area (TPSA) is 113 Å². The summed E-state index contributed by atoms with van der Waals surface area (Å²) in [5, 5.41) is 21.6. The molecule has 0 aromatic heterocycles. The minimum Gasteiger partial charge on any atom is -0.506 e. The first-order valence-electron chi connectivity index (χ1n) is 7.23. The first kappa shape index (κ1) is 16.5. The zero-order chi connectivity index (χ0) is 17.5. The number of aliphatic hydroxyl groups excluding tert-OH is 1. The molecule has 1 aliphatic heterocycles. The Morgan fingerprint density at radius 3 is 2.75 bits per heavy atom. The molecule has 1 atom stereocenters. The van der Waals surface area contributed by atoms with Crippen LogP contribution in [-0.4, -0.2) is 47.6 Å². The first-order chi connectivity index (χ1) is 11.4. The van der Waals surface area contributed by atoms with E-state index < -0.39 is 41.0 Å². The largest absolute Gasteiger partial charge is 0.506 e. The molecule has 1 aromatic rings. The highest BCUT2D eigenvalue weighted by atomic mass is 35.5. The van der Waals surface area contributed by atoms with Gasteiger partial charge in [0, 0.05) is 17.2 Å². The lowest BCUT2D eigenvalue weighted by atomic mass is 9.68. The Hall–Kier alpha value is -2.38. The van der Waals surface area contributed by atoms with Crippen molar-refractivity contribution in [3.8, 4) is 0 Å². The van der Waals surface area contributed by atoms with E-state index in [4.69, 9.17) is 21.4 Å². The summed E-state index contributed by atoms with van der Waals surface area (Å²) in [5.74, 6) is -3.26. The number of hydrogen-bond acceptors (Lipinski definition) is 5. The first-order valence-corrected chi connectivity index (χ1v) is 7.61. The molecule has 0 saturated carbocycles. The second kappa shape index (κ2) is 5.92. The van der Waals surface area contributed by atoms with Gasteiger partial charge in [-0.25, -0.2) is 0 Å². The molecule has 1 spiro atoms. The molecule has 1 amide bonds. The summed E-state index contributed by atoms with van der Waals surface area (Å²) in [7, 11) is 0. The molecule has 1 heterocycles. The van der Waals surface area contributed by atoms with Crippen molar-refractivity contribution in [2.75, 3.05) is 19.8 Å². The molecule has 1 saturated heterocycles. The monoisotopic (exact) mass is 351 g/mol. The van der Waals surface area contributed by atoms with Crippen molar-refractivity contribution >= 4 is 35.0 Å². The summed E-state index contributed by atoms with van der Waals surface area (Å²) in [6.45, 7) is -0.225. The Kier molecular flexibility index (Phi) is 4.06. The maximum Gasteiger partial charge on any atom is 0.322 e. The maximum absolute atomic E-state index is 13.0. The number of Topliss-reactive ketones (excluding diaryl/α,β-unsaturated/α-hetero) is 1. The van der Waals surface area contributed by atoms with Crippen LogP contribution in [0.1, 0.15) is 17.5 Å². The number of benzene rings is 1. The van der Waals surface area contributed by atoms with Gasteiger partial charge in [-0.05, 0) is 24.1 Å². The Labute approximate surface area is 141 Å². The number of amides is 1. The lowest BCUT2D eigenvalue weighted by molar-refractivity contribution is -0.138. The quantitative estimate of drug-likeness (QED) is 0.702. The van der Waals surface area contributed by atoms with Crippen molar-refractivity contribution in [2.45, 2.75) is 11.8 Å². The van der Waals surface area contributed by atoms with E-state index >= 15 is 0 Å². The number of carboxylic acid groups (broad SMARTS) is 1. The molecular formula is C16H14ClNO6. The number of nitrogens with one attached hydrogen (secondary N) is 1. The SMILES string of the molecule is O=C(O)CNC(=O)C1=C(O)c2cc(Cl)ccc2[C@@]2(CCOC2)C1=O. The average molecular weight is 352 g/mol. The van der Waals surface area contributed by atoms with Crippen molar-refractivity contribution in [2.24, 2.45) is 0 Å². The number of aliphatic carboxylic acids is 1. The van der Waals surface area contributed by atoms with Crippen molar-refractivity contribution in [1.29, 1.82) is 0 Å². The zero-order valence-corrected chi connectivity index (χ0v) is 13.2. The van der Waals surface area contributed by atoms with Gasteiger partial charge >= 0.3 is 5.97 Å². The third kappa shape index (κ3) is 2.46. The fourth-order valence-corrected chi connectivity index (χ4v) is 3.32. The molecule has 1 aromatic carbocycles. The van der Waals surface area contributed by atoms with Crippen LogP contribution in [0.2, 0.25) is 5.02 Å². The molecule has 0 bridgehead atoms. The molecule has 2 aliphatic rings. The fraction of sp³-hybridized carbons (Fsp3) is 0.312. The Balaban J connectivity index is 2.14. The number of fused-ring (bicyclic) bond motifs is 2. The number of carboxylic acids is 1. The van der Waals surface area contributed by atoms with Crippen LogP contribution in [0.15, 0.2) is 23.8 Å². The number of carbonyl (C=O) groups is 3. The Morgan fingerprint density at radius 1 is 1.38 bits per heavy atom. The molecule has 8 heteroatoms. The van der Waals surface area contributed by atoms with E-state index in [2.05, 4.69) is 5.32 Å². The lowest BCUT2D eigenvalue weighted by Crippen LogP contribution is -2.45. The summed E-state index contributed by atoms with van der Waals surface area (Å²) in [4.78, 5) is 35.9. The van der Waals surface area contributed by atoms with Crippen LogP contribution < -0.4 is 5.32 Å². The highest BCUT2D eigenvalue weighted by Crippen LogP contribution is 2.45. The fourth-order valence-electron chi connectivity index (χ4n) is 3.14. The van der Waals surface area contributed by atoms with Gasteiger partial charge in [0.15, 0.2) is 5.78 Å². The molecule has 1 aliphatic carbocycles. The predicted octanol–water partition coefficient (Wildman–Crippen LogP) is 1.05. The van der Waals surface area contributed by atoms with Crippen molar-refractivity contribution < 1.29 is 29.3 Å². The van der Waals surface area contributed by atoms with Gasteiger partial charge in [0.25, 0.3) is 5.91 Å². The van der Waals surface area contributed by atoms with Crippen molar-refractivity contribution in [3.05, 3.63) is 39.9 Å². The standard InChI is InChI=1S/C16H14ClNO6/c17-8-1-2-10-9(5-8)13(21)12(15(23)18-6-11(19)20)14(22)16(10)3-4-24-7-16/h1-2,5,21H,3-4,6-7H2,(H,18,23)(H,19,20)/t16-/m0/s1. The molecule has 0 radical (unpaired) electrons. The van der Waals surface area contributed by atoms with Gasteiger partial charge < -0.3 is 20.3 Å². The average Bonchev–Trinajstić information content (AvgIpc) is 3.02. The van der Waals surface area contributed by atoms with Gasteiger partial charge in [-0.2, -0.15) is 0 Å². The molecule has 126 valence electrons. The smallest absolute Gasteiger partial charge is 0.322 e. The third-order valence-electron chi connectivity index (χ3n) is 4.30. The van der Waals surface area contributed by atoms with Gasteiger partial charge in [-0.3, -0.25) is 14.4 Å². The van der Waals surface area contributed by atoms with Crippen LogP contribution >= 0.6 is 11.6 Å². The van der Waals surface area contributed by atoms with Crippen LogP contribution in [0.3, 0.4) is 0 Å². The van der Waals surface area contributed by atoms with Crippen LogP contribution in [0.25, 0.3) is 5.76 Å².